The van der Waals surface area contributed by atoms with Gasteiger partial charge in [0.05, 0.1) is 0 Å². The maximum absolute atomic E-state index is 11.0. The summed E-state index contributed by atoms with van der Waals surface area (Å²) in [6.07, 6.45) is 0. The third-order valence-corrected chi connectivity index (χ3v) is 2.83. The zero-order valence-electron chi connectivity index (χ0n) is 11.6. The van der Waals surface area contributed by atoms with Crippen molar-refractivity contribution in [2.45, 2.75) is 0 Å². The molecular formula is C14H16N2O6. The standard InChI is InChI=1S/C14H16N2O6/c17-15(18)11-5-1-3-7-13(11)21-9-10-22-14-8-4-2-6-12(14)16(19)20/h1-8,15-17,19H,9-10H2. The van der Waals surface area contributed by atoms with E-state index in [0.29, 0.717) is 0 Å². The highest BCUT2D eigenvalue weighted by atomic mass is 16.8. The molecule has 4 N–H and O–H groups in total. The van der Waals surface area contributed by atoms with Crippen molar-refractivity contribution in [3.05, 3.63) is 58.9 Å². The van der Waals surface area contributed by atoms with E-state index < -0.39 is 10.5 Å². The monoisotopic (exact) mass is 308 g/mol. The minimum absolute atomic E-state index is 0.0634. The van der Waals surface area contributed by atoms with Gasteiger partial charge in [-0.1, -0.05) is 24.3 Å². The molecule has 0 heterocycles. The van der Waals surface area contributed by atoms with Gasteiger partial charge < -0.3 is 19.9 Å². The van der Waals surface area contributed by atoms with Gasteiger partial charge in [-0.25, -0.2) is 10.4 Å². The van der Waals surface area contributed by atoms with Crippen molar-refractivity contribution in [3.63, 3.8) is 0 Å². The predicted molar refractivity (Wildman–Crippen MR) is 75.4 cm³/mol. The third-order valence-electron chi connectivity index (χ3n) is 2.83. The minimum Gasteiger partial charge on any atom is -0.595 e. The van der Waals surface area contributed by atoms with Crippen LogP contribution in [-0.2, 0) is 0 Å². The fraction of sp³-hybridized carbons (Fsp3) is 0.143. The molecule has 0 saturated carbocycles. The molecule has 0 fully saturated rings. The largest absolute Gasteiger partial charge is 0.595 e. The molecule has 2 rings (SSSR count). The van der Waals surface area contributed by atoms with Crippen LogP contribution in [0.15, 0.2) is 48.5 Å². The van der Waals surface area contributed by atoms with Crippen molar-refractivity contribution < 1.29 is 30.3 Å². The number of para-hydroxylation sites is 4. The van der Waals surface area contributed by atoms with Crippen molar-refractivity contribution in [2.75, 3.05) is 13.2 Å². The molecule has 118 valence electrons. The average molecular weight is 308 g/mol. The van der Waals surface area contributed by atoms with Crippen molar-refractivity contribution in [1.29, 1.82) is 0 Å². The number of hydrogen-bond donors (Lipinski definition) is 4. The Morgan fingerprint density at radius 1 is 0.727 bits per heavy atom. The smallest absolute Gasteiger partial charge is 0.206 e. The Kier molecular flexibility index (Phi) is 5.67. The fourth-order valence-electron chi connectivity index (χ4n) is 1.84. The Morgan fingerprint density at radius 3 is 1.45 bits per heavy atom. The number of rotatable bonds is 7. The van der Waals surface area contributed by atoms with Gasteiger partial charge in [-0.15, -0.1) is 0 Å². The number of benzene rings is 2. The second-order valence-electron chi connectivity index (χ2n) is 4.30. The van der Waals surface area contributed by atoms with Crippen molar-refractivity contribution >= 4 is 11.4 Å². The first-order chi connectivity index (χ1) is 10.6. The molecule has 0 spiro atoms. The van der Waals surface area contributed by atoms with Crippen LogP contribution in [0.5, 0.6) is 11.5 Å². The maximum Gasteiger partial charge on any atom is 0.206 e. The molecule has 8 heteroatoms. The van der Waals surface area contributed by atoms with Crippen molar-refractivity contribution in [3.8, 4) is 11.5 Å². The van der Waals surface area contributed by atoms with Gasteiger partial charge in [0.25, 0.3) is 0 Å². The molecular weight excluding hydrogens is 292 g/mol. The lowest BCUT2D eigenvalue weighted by atomic mass is 10.3. The van der Waals surface area contributed by atoms with Gasteiger partial charge in [0.1, 0.15) is 13.2 Å². The van der Waals surface area contributed by atoms with Crippen LogP contribution < -0.4 is 19.9 Å². The maximum atomic E-state index is 11.0. The van der Waals surface area contributed by atoms with Gasteiger partial charge in [0.15, 0.2) is 11.5 Å². The van der Waals surface area contributed by atoms with E-state index in [0.717, 1.165) is 0 Å². The van der Waals surface area contributed by atoms with Crippen LogP contribution in [0.3, 0.4) is 0 Å². The molecule has 0 aliphatic rings. The first-order valence-corrected chi connectivity index (χ1v) is 6.50. The Bertz CT molecular complexity index is 552. The van der Waals surface area contributed by atoms with Crippen LogP contribution in [0, 0.1) is 10.4 Å². The molecule has 0 aliphatic carbocycles. The number of hydrogen-bond acceptors (Lipinski definition) is 6. The van der Waals surface area contributed by atoms with Crippen molar-refractivity contribution in [2.24, 2.45) is 0 Å². The third kappa shape index (κ3) is 4.15. The second kappa shape index (κ2) is 7.71. The summed E-state index contributed by atoms with van der Waals surface area (Å²) in [5.74, 6) is 0.482. The van der Waals surface area contributed by atoms with E-state index in [1.165, 1.54) is 12.1 Å². The lowest BCUT2D eigenvalue weighted by molar-refractivity contribution is -0.991. The summed E-state index contributed by atoms with van der Waals surface area (Å²) < 4.78 is 10.7. The van der Waals surface area contributed by atoms with Gasteiger partial charge in [-0.2, -0.15) is 10.5 Å². The zero-order valence-corrected chi connectivity index (χ0v) is 11.6. The van der Waals surface area contributed by atoms with E-state index in [-0.39, 0.29) is 36.1 Å². The van der Waals surface area contributed by atoms with Gasteiger partial charge in [0, 0.05) is 12.1 Å². The van der Waals surface area contributed by atoms with E-state index in [9.17, 15) is 10.4 Å². The Morgan fingerprint density at radius 2 is 1.09 bits per heavy atom. The molecule has 2 aromatic rings. The van der Waals surface area contributed by atoms with Crippen molar-refractivity contribution in [1.82, 2.24) is 0 Å². The Hall–Kier alpha value is -2.20. The van der Waals surface area contributed by atoms with Crippen LogP contribution >= 0.6 is 0 Å². The SMILES string of the molecule is [O-][NH+](O)c1ccccc1OCCOc1ccccc1[NH+]([O-])O. The van der Waals surface area contributed by atoms with E-state index in [1.807, 2.05) is 0 Å². The summed E-state index contributed by atoms with van der Waals surface area (Å²) in [7, 11) is 0. The molecule has 0 bridgehead atoms. The number of nitrogens with one attached hydrogen (secondary N) is 2. The molecule has 2 atom stereocenters. The summed E-state index contributed by atoms with van der Waals surface area (Å²) in [5, 5.41) is 37.9. The number of quaternary nitrogens is 2. The lowest BCUT2D eigenvalue weighted by Gasteiger charge is -2.17. The summed E-state index contributed by atoms with van der Waals surface area (Å²) in [5.41, 5.74) is 0.127. The summed E-state index contributed by atoms with van der Waals surface area (Å²) >= 11 is 0. The van der Waals surface area contributed by atoms with E-state index >= 15 is 0 Å². The van der Waals surface area contributed by atoms with E-state index in [4.69, 9.17) is 19.9 Å². The normalized spacial score (nSPS) is 13.5. The van der Waals surface area contributed by atoms with Gasteiger partial charge in [0.2, 0.25) is 11.4 Å². The van der Waals surface area contributed by atoms with E-state index in [2.05, 4.69) is 0 Å². The second-order valence-corrected chi connectivity index (χ2v) is 4.30. The zero-order chi connectivity index (χ0) is 15.9. The minimum atomic E-state index is -1.08. The lowest BCUT2D eigenvalue weighted by Crippen LogP contribution is -2.99. The molecule has 22 heavy (non-hydrogen) atoms. The fourth-order valence-corrected chi connectivity index (χ4v) is 1.84. The molecule has 2 aromatic carbocycles. The predicted octanol–water partition coefficient (Wildman–Crippen LogP) is -0.0488. The topological polar surface area (TPSA) is 114 Å². The van der Waals surface area contributed by atoms with Crippen LogP contribution in [0.1, 0.15) is 0 Å². The van der Waals surface area contributed by atoms with Gasteiger partial charge in [-0.05, 0) is 12.1 Å². The van der Waals surface area contributed by atoms with Crippen LogP contribution in [-0.4, -0.2) is 23.6 Å². The van der Waals surface area contributed by atoms with Gasteiger partial charge in [-0.3, -0.25) is 0 Å². The Balaban J connectivity index is 1.91. The van der Waals surface area contributed by atoms with Crippen LogP contribution in [0.4, 0.5) is 11.4 Å². The summed E-state index contributed by atoms with van der Waals surface area (Å²) in [6, 6.07) is 12.5. The Labute approximate surface area is 126 Å². The molecule has 2 unspecified atom stereocenters. The summed E-state index contributed by atoms with van der Waals surface area (Å²) in [4.78, 5) is 0. The molecule has 8 nitrogen and oxygen atoms in total. The quantitative estimate of drug-likeness (QED) is 0.421. The number of ether oxygens (including phenoxy) is 2. The highest BCUT2D eigenvalue weighted by Crippen LogP contribution is 2.21. The molecule has 0 aromatic heterocycles. The van der Waals surface area contributed by atoms with Crippen LogP contribution in [0.25, 0.3) is 0 Å². The molecule has 0 amide bonds. The molecule has 0 aliphatic heterocycles. The average Bonchev–Trinajstić information content (AvgIpc) is 2.52. The highest BCUT2D eigenvalue weighted by molar-refractivity contribution is 5.46. The molecule has 0 saturated heterocycles. The molecule has 0 radical (unpaired) electrons. The first kappa shape index (κ1) is 16.2. The van der Waals surface area contributed by atoms with Crippen LogP contribution in [0.2, 0.25) is 0 Å². The summed E-state index contributed by atoms with van der Waals surface area (Å²) in [6.45, 7) is 0.191. The first-order valence-electron chi connectivity index (χ1n) is 6.50. The van der Waals surface area contributed by atoms with E-state index in [1.54, 1.807) is 36.4 Å². The highest BCUT2D eigenvalue weighted by Gasteiger charge is 2.11. The van der Waals surface area contributed by atoms with Gasteiger partial charge >= 0.3 is 0 Å².